The van der Waals surface area contributed by atoms with E-state index in [9.17, 15) is 21.0 Å². The Morgan fingerprint density at radius 3 is 0.804 bits per heavy atom. The van der Waals surface area contributed by atoms with Crippen LogP contribution in [0.4, 0.5) is 0 Å². The monoisotopic (exact) mass is 1760 g/mol. The van der Waals surface area contributed by atoms with Crippen LogP contribution in [0.3, 0.4) is 0 Å². The lowest BCUT2D eigenvalue weighted by molar-refractivity contribution is 1.16. The Bertz CT molecular complexity index is 9030. The lowest BCUT2D eigenvalue weighted by Gasteiger charge is -2.20. The molecule has 0 aliphatic carbocycles. The summed E-state index contributed by atoms with van der Waals surface area (Å²) in [6.07, 6.45) is 0. The van der Waals surface area contributed by atoms with Crippen molar-refractivity contribution in [3.05, 3.63) is 483 Å². The molecule has 0 aliphatic rings. The molecule has 0 bridgehead atoms. The fourth-order valence-electron chi connectivity index (χ4n) is 20.0. The van der Waals surface area contributed by atoms with E-state index < -0.39 is 0 Å². The van der Waals surface area contributed by atoms with E-state index in [1.54, 1.807) is 12.1 Å². The maximum atomic E-state index is 10.2. The van der Waals surface area contributed by atoms with Crippen LogP contribution in [0.2, 0.25) is 0 Å². The highest BCUT2D eigenvalue weighted by Crippen LogP contribution is 2.48. The highest BCUT2D eigenvalue weighted by molar-refractivity contribution is 6.16. The van der Waals surface area contributed by atoms with Gasteiger partial charge in [0, 0.05) is 98.7 Å². The summed E-state index contributed by atoms with van der Waals surface area (Å²) in [5, 5.41) is 48.1. The summed E-state index contributed by atoms with van der Waals surface area (Å²) in [7, 11) is 0. The minimum Gasteiger partial charge on any atom is -0.309 e. The Labute approximate surface area is 794 Å². The normalized spacial score (nSPS) is 11.3. The fraction of sp³-hybridized carbons (Fsp3) is 0. The zero-order valence-corrected chi connectivity index (χ0v) is 74.2. The second-order valence-corrected chi connectivity index (χ2v) is 34.4. The van der Waals surface area contributed by atoms with Crippen LogP contribution in [0, 0.1) is 45.3 Å². The van der Waals surface area contributed by atoms with Crippen molar-refractivity contribution in [1.29, 1.82) is 21.0 Å². The summed E-state index contributed by atoms with van der Waals surface area (Å²) in [5.74, 6) is 1.31. The van der Waals surface area contributed by atoms with E-state index in [1.807, 2.05) is 127 Å². The molecule has 0 fully saturated rings. The third-order valence-corrected chi connectivity index (χ3v) is 26.5. The Morgan fingerprint density at radius 2 is 0.435 bits per heavy atom. The Morgan fingerprint density at radius 1 is 0.159 bits per heavy atom. The van der Waals surface area contributed by atoms with E-state index in [-0.39, 0.29) is 0 Å². The first-order valence-corrected chi connectivity index (χ1v) is 45.8. The van der Waals surface area contributed by atoms with Crippen LogP contribution in [0.1, 0.15) is 22.3 Å². The number of fused-ring (bicyclic) bond motifs is 12. The molecule has 138 heavy (non-hydrogen) atoms. The second-order valence-electron chi connectivity index (χ2n) is 34.4. The summed E-state index contributed by atoms with van der Waals surface area (Å²) < 4.78 is 9.57. The second kappa shape index (κ2) is 34.7. The smallest absolute Gasteiger partial charge is 0.160 e. The van der Waals surface area contributed by atoms with Crippen molar-refractivity contribution >= 4 is 87.2 Å². The van der Waals surface area contributed by atoms with E-state index >= 15 is 0 Å². The molecule has 0 saturated carbocycles. The summed E-state index contributed by atoms with van der Waals surface area (Å²) in [6.45, 7) is 0. The number of nitriles is 4. The van der Waals surface area contributed by atoms with Crippen LogP contribution in [0.5, 0.6) is 0 Å². The largest absolute Gasteiger partial charge is 0.309 e. The van der Waals surface area contributed by atoms with Gasteiger partial charge in [0.25, 0.3) is 0 Å². The molecule has 6 aromatic heterocycles. The molecule has 640 valence electrons. The van der Waals surface area contributed by atoms with Crippen LogP contribution in [-0.2, 0) is 0 Å². The number of benzene rings is 19. The zero-order chi connectivity index (χ0) is 92.3. The van der Waals surface area contributed by atoms with Gasteiger partial charge in [-0.3, -0.25) is 0 Å². The average molecular weight is 1760 g/mol. The van der Waals surface area contributed by atoms with E-state index in [0.717, 1.165) is 200 Å². The van der Waals surface area contributed by atoms with Crippen LogP contribution in [0.25, 0.3) is 233 Å². The number of hydrogen-bond acceptors (Lipinski definition) is 8. The number of hydrogen-bond donors (Lipinski definition) is 0. The van der Waals surface area contributed by atoms with Crippen molar-refractivity contribution in [3.63, 3.8) is 0 Å². The molecular weight excluding hydrogens is 1680 g/mol. The average Bonchev–Trinajstić information content (AvgIpc) is 1.58. The summed E-state index contributed by atoms with van der Waals surface area (Å²) >= 11 is 0. The molecule has 19 aromatic carbocycles. The van der Waals surface area contributed by atoms with Gasteiger partial charge >= 0.3 is 0 Å². The van der Waals surface area contributed by atoms with Gasteiger partial charge in [-0.25, -0.2) is 19.9 Å². The molecule has 0 aliphatic heterocycles. The molecule has 12 heteroatoms. The molecular formula is C126H76N12. The van der Waals surface area contributed by atoms with Crippen LogP contribution < -0.4 is 0 Å². The molecule has 0 spiro atoms. The number of nitrogens with zero attached hydrogens (tertiary/aromatic N) is 12. The number of aromatic nitrogens is 8. The van der Waals surface area contributed by atoms with Gasteiger partial charge in [0.2, 0.25) is 0 Å². The molecule has 0 amide bonds. The first kappa shape index (κ1) is 81.7. The van der Waals surface area contributed by atoms with Crippen molar-refractivity contribution in [3.8, 4) is 170 Å². The van der Waals surface area contributed by atoms with E-state index in [0.29, 0.717) is 33.9 Å². The minimum absolute atomic E-state index is 0.458. The molecule has 0 saturated heterocycles. The van der Waals surface area contributed by atoms with Gasteiger partial charge in [0.05, 0.1) is 136 Å². The van der Waals surface area contributed by atoms with Gasteiger partial charge in [-0.15, -0.1) is 0 Å². The van der Waals surface area contributed by atoms with Gasteiger partial charge in [0.1, 0.15) is 0 Å². The lowest BCUT2D eigenvalue weighted by Crippen LogP contribution is -2.02. The summed E-state index contributed by atoms with van der Waals surface area (Å²) in [4.78, 5) is 20.9. The zero-order valence-electron chi connectivity index (χ0n) is 74.2. The molecule has 6 heterocycles. The molecule has 0 unspecified atom stereocenters. The third kappa shape index (κ3) is 14.5. The maximum absolute atomic E-state index is 10.2. The van der Waals surface area contributed by atoms with Gasteiger partial charge < -0.3 is 18.3 Å². The molecule has 12 nitrogen and oxygen atoms in total. The van der Waals surface area contributed by atoms with Gasteiger partial charge in [-0.1, -0.05) is 309 Å². The minimum atomic E-state index is 0.458. The Balaban J connectivity index is 0.000000151. The number of para-hydroxylation sites is 7. The van der Waals surface area contributed by atoms with Crippen LogP contribution in [-0.4, -0.2) is 38.2 Å². The maximum Gasteiger partial charge on any atom is 0.160 e. The number of rotatable bonds is 15. The topological polar surface area (TPSA) is 166 Å². The fourth-order valence-corrected chi connectivity index (χ4v) is 20.0. The first-order chi connectivity index (χ1) is 68.2. The van der Waals surface area contributed by atoms with Crippen LogP contribution >= 0.6 is 0 Å². The van der Waals surface area contributed by atoms with Crippen molar-refractivity contribution in [2.24, 2.45) is 0 Å². The summed E-state index contributed by atoms with van der Waals surface area (Å²) in [5.41, 5.74) is 34.1. The molecule has 0 atom stereocenters. The first-order valence-electron chi connectivity index (χ1n) is 45.8. The Hall–Kier alpha value is -19.5. The SMILES string of the molecule is N#Cc1ccc(-c2ccc3c(c2)c2cc(-c4ccc(C#N)cc4)ccc2n3-c2ccc(-c3cc(-c4ccccc4)nc(-c4ccccc4)n3)cc2-c2ccccc2-n2c3ccccc3c3ccccc32)cc1.N#Cc1ccc(-c2ccc3c(c2)c2ccccc2n3-c2ccc(-c3cc(-c4ccccc4)nc(-c4ccccc4)n3)cc2-c2ccccc2-n2c3ccccc3c3ccccc32)c(C#N)c1. The predicted molar refractivity (Wildman–Crippen MR) is 560 cm³/mol. The Kier molecular flexibility index (Phi) is 20.5. The predicted octanol–water partition coefficient (Wildman–Crippen LogP) is 31.2. The molecule has 25 rings (SSSR count). The van der Waals surface area contributed by atoms with Gasteiger partial charge in [0.15, 0.2) is 11.6 Å². The summed E-state index contributed by atoms with van der Waals surface area (Å²) in [6, 6.07) is 169. The van der Waals surface area contributed by atoms with Crippen molar-refractivity contribution in [2.75, 3.05) is 0 Å². The standard InChI is InChI=1S/C66H40N6.C60H36N6/c67-41-43-23-27-45(28-24-43)49-31-34-64-56(37-49)57-38-50(46-29-25-44(42-68)26-30-46)32-35-65(57)72(64)63-36-33-51(59-40-58(47-13-3-1-4-14-47)69-66(70-59)48-15-5-2-6-16-48)39-55(63)54-19-9-12-22-62(54)71-60-20-10-7-17-52(60)53-18-8-11-21-61(53)71;61-37-39-27-30-45(44(33-39)38-62)42-28-31-58-50(34-42)48-21-9-14-26-57(48)66(58)59-32-29-43(53-36-52(40-15-3-1-4-16-40)63-60(64-53)41-17-5-2-6-18-41)35-51(59)49-22-10-13-25-56(49)65-54-23-11-7-19-46(54)47-20-8-12-24-55(47)65/h1-40H;1-36H. The van der Waals surface area contributed by atoms with Crippen molar-refractivity contribution in [2.45, 2.75) is 0 Å². The van der Waals surface area contributed by atoms with E-state index in [4.69, 9.17) is 19.9 Å². The molecule has 25 aromatic rings. The van der Waals surface area contributed by atoms with Crippen molar-refractivity contribution in [1.82, 2.24) is 38.2 Å². The van der Waals surface area contributed by atoms with Gasteiger partial charge in [-0.05, 0) is 185 Å². The lowest BCUT2D eigenvalue weighted by atomic mass is 9.96. The molecule has 0 N–H and O–H groups in total. The van der Waals surface area contributed by atoms with E-state index in [1.165, 1.54) is 21.5 Å². The third-order valence-electron chi connectivity index (χ3n) is 26.5. The quantitative estimate of drug-likeness (QED) is 0.0978. The van der Waals surface area contributed by atoms with Crippen LogP contribution in [0.15, 0.2) is 461 Å². The van der Waals surface area contributed by atoms with E-state index in [2.05, 4.69) is 364 Å². The van der Waals surface area contributed by atoms with Gasteiger partial charge in [-0.2, -0.15) is 21.0 Å². The highest BCUT2D eigenvalue weighted by Gasteiger charge is 2.27. The molecule has 0 radical (unpaired) electrons. The van der Waals surface area contributed by atoms with Crippen molar-refractivity contribution < 1.29 is 0 Å². The highest BCUT2D eigenvalue weighted by atomic mass is 15.0.